The summed E-state index contributed by atoms with van der Waals surface area (Å²) in [6.45, 7) is 2.27. The van der Waals surface area contributed by atoms with E-state index in [0.29, 0.717) is 0 Å². The molecule has 0 atom stereocenters. The highest BCUT2D eigenvalue weighted by molar-refractivity contribution is 6.26. The lowest BCUT2D eigenvalue weighted by atomic mass is 10.0. The van der Waals surface area contributed by atoms with Gasteiger partial charge in [-0.1, -0.05) is 153 Å². The van der Waals surface area contributed by atoms with E-state index < -0.39 is 0 Å². The van der Waals surface area contributed by atoms with Crippen LogP contribution in [0.5, 0.6) is 0 Å². The van der Waals surface area contributed by atoms with Gasteiger partial charge in [-0.05, 0) is 107 Å². The lowest BCUT2D eigenvalue weighted by Gasteiger charge is -2.12. The number of unbranched alkanes of at least 4 members (excludes halogenated alkanes) is 1. The molecule has 3 heterocycles. The van der Waals surface area contributed by atoms with Gasteiger partial charge < -0.3 is 13.7 Å². The van der Waals surface area contributed by atoms with Gasteiger partial charge in [-0.3, -0.25) is 0 Å². The average Bonchev–Trinajstić information content (AvgIpc) is 3.96. The standard InChI is InChI=1S/C58H43N3/c1-2-3-15-39-26-32-48-49-33-29-43(38-56(49)59(55(48)36-39)44-19-8-5-9-20-44)41-27-30-45(31-28-41)61-52-24-12-10-22-47(52)50-34-35-54-57(58(50)61)51-23-11-13-25-53(51)60(54)46-21-14-18-42(37-46)40-16-6-4-7-17-40/h4-14,16-38H,2-3,15H2,1H3. The highest BCUT2D eigenvalue weighted by Gasteiger charge is 2.21. The fourth-order valence-corrected chi connectivity index (χ4v) is 9.95. The number of aromatic nitrogens is 3. The first kappa shape index (κ1) is 35.3. The van der Waals surface area contributed by atoms with E-state index in [4.69, 9.17) is 0 Å². The Bertz CT molecular complexity index is 3600. The normalized spacial score (nSPS) is 11.9. The Morgan fingerprint density at radius 1 is 0.328 bits per heavy atom. The van der Waals surface area contributed by atoms with E-state index in [1.54, 1.807) is 0 Å². The molecule has 0 aliphatic carbocycles. The van der Waals surface area contributed by atoms with Gasteiger partial charge in [0.25, 0.3) is 0 Å². The minimum Gasteiger partial charge on any atom is -0.309 e. The lowest BCUT2D eigenvalue weighted by Crippen LogP contribution is -1.96. The van der Waals surface area contributed by atoms with Crippen molar-refractivity contribution in [1.29, 1.82) is 0 Å². The molecule has 12 rings (SSSR count). The van der Waals surface area contributed by atoms with Crippen molar-refractivity contribution in [2.75, 3.05) is 0 Å². The second kappa shape index (κ2) is 14.3. The van der Waals surface area contributed by atoms with Gasteiger partial charge in [-0.2, -0.15) is 0 Å². The number of aryl methyl sites for hydroxylation is 1. The van der Waals surface area contributed by atoms with Gasteiger partial charge in [0.1, 0.15) is 0 Å². The molecule has 0 unspecified atom stereocenters. The maximum Gasteiger partial charge on any atom is 0.0641 e. The molecule has 0 saturated carbocycles. The van der Waals surface area contributed by atoms with E-state index in [-0.39, 0.29) is 0 Å². The number of rotatable bonds is 8. The first-order chi connectivity index (χ1) is 30.2. The van der Waals surface area contributed by atoms with Crippen LogP contribution in [0.3, 0.4) is 0 Å². The summed E-state index contributed by atoms with van der Waals surface area (Å²) in [5.41, 5.74) is 17.0. The number of nitrogens with zero attached hydrogens (tertiary/aromatic N) is 3. The van der Waals surface area contributed by atoms with Crippen molar-refractivity contribution in [3.63, 3.8) is 0 Å². The van der Waals surface area contributed by atoms with Crippen molar-refractivity contribution < 1.29 is 0 Å². The van der Waals surface area contributed by atoms with Crippen LogP contribution in [0, 0.1) is 0 Å². The molecule has 3 aromatic heterocycles. The van der Waals surface area contributed by atoms with Crippen molar-refractivity contribution in [3.05, 3.63) is 212 Å². The van der Waals surface area contributed by atoms with Gasteiger partial charge in [0.15, 0.2) is 0 Å². The van der Waals surface area contributed by atoms with Crippen molar-refractivity contribution in [3.8, 4) is 39.3 Å². The summed E-state index contributed by atoms with van der Waals surface area (Å²) in [5, 5.41) is 7.59. The van der Waals surface area contributed by atoms with Crippen LogP contribution >= 0.6 is 0 Å². The van der Waals surface area contributed by atoms with Gasteiger partial charge in [-0.15, -0.1) is 0 Å². The van der Waals surface area contributed by atoms with E-state index in [1.165, 1.54) is 112 Å². The highest BCUT2D eigenvalue weighted by atomic mass is 15.0. The Labute approximate surface area is 355 Å². The zero-order chi connectivity index (χ0) is 40.4. The number of hydrogen-bond donors (Lipinski definition) is 0. The summed E-state index contributed by atoms with van der Waals surface area (Å²) >= 11 is 0. The molecule has 0 aliphatic rings. The first-order valence-corrected chi connectivity index (χ1v) is 21.6. The third kappa shape index (κ3) is 5.65. The Morgan fingerprint density at radius 2 is 0.869 bits per heavy atom. The molecule has 0 N–H and O–H groups in total. The average molecular weight is 782 g/mol. The summed E-state index contributed by atoms with van der Waals surface area (Å²) in [7, 11) is 0. The van der Waals surface area contributed by atoms with Crippen LogP contribution in [0.4, 0.5) is 0 Å². The maximum absolute atomic E-state index is 2.49. The predicted molar refractivity (Wildman–Crippen MR) is 259 cm³/mol. The topological polar surface area (TPSA) is 14.8 Å². The van der Waals surface area contributed by atoms with Gasteiger partial charge in [-0.25, -0.2) is 0 Å². The zero-order valence-electron chi connectivity index (χ0n) is 34.1. The summed E-state index contributed by atoms with van der Waals surface area (Å²) < 4.78 is 7.38. The third-order valence-corrected chi connectivity index (χ3v) is 12.8. The van der Waals surface area contributed by atoms with Crippen molar-refractivity contribution >= 4 is 65.4 Å². The summed E-state index contributed by atoms with van der Waals surface area (Å²) in [5.74, 6) is 0. The molecule has 0 aliphatic heterocycles. The van der Waals surface area contributed by atoms with Crippen LogP contribution in [-0.2, 0) is 6.42 Å². The molecule has 0 fully saturated rings. The highest BCUT2D eigenvalue weighted by Crippen LogP contribution is 2.43. The molecule has 0 amide bonds. The molecule has 61 heavy (non-hydrogen) atoms. The Morgan fingerprint density at radius 3 is 1.66 bits per heavy atom. The molecular weight excluding hydrogens is 739 g/mol. The van der Waals surface area contributed by atoms with Crippen LogP contribution in [0.25, 0.3) is 105 Å². The molecule has 0 spiro atoms. The van der Waals surface area contributed by atoms with Crippen LogP contribution in [0.2, 0.25) is 0 Å². The number of hydrogen-bond acceptors (Lipinski definition) is 0. The summed E-state index contributed by atoms with van der Waals surface area (Å²) in [6.07, 6.45) is 3.49. The summed E-state index contributed by atoms with van der Waals surface area (Å²) in [4.78, 5) is 0. The second-order valence-electron chi connectivity index (χ2n) is 16.4. The maximum atomic E-state index is 2.49. The number of para-hydroxylation sites is 3. The number of benzene rings is 9. The van der Waals surface area contributed by atoms with E-state index >= 15 is 0 Å². The second-order valence-corrected chi connectivity index (χ2v) is 16.4. The van der Waals surface area contributed by atoms with E-state index in [2.05, 4.69) is 227 Å². The van der Waals surface area contributed by atoms with Crippen LogP contribution in [0.1, 0.15) is 25.3 Å². The minimum atomic E-state index is 1.10. The largest absolute Gasteiger partial charge is 0.309 e. The fraction of sp³-hybridized carbons (Fsp3) is 0.0690. The molecule has 9 aromatic carbocycles. The predicted octanol–water partition coefficient (Wildman–Crippen LogP) is 15.7. The molecule has 0 bridgehead atoms. The molecule has 3 heteroatoms. The fourth-order valence-electron chi connectivity index (χ4n) is 9.95. The zero-order valence-corrected chi connectivity index (χ0v) is 34.1. The number of fused-ring (bicyclic) bond motifs is 10. The monoisotopic (exact) mass is 781 g/mol. The molecule has 290 valence electrons. The van der Waals surface area contributed by atoms with Gasteiger partial charge in [0, 0.05) is 49.4 Å². The molecular formula is C58H43N3. The molecule has 3 nitrogen and oxygen atoms in total. The smallest absolute Gasteiger partial charge is 0.0641 e. The molecule has 0 saturated heterocycles. The van der Waals surface area contributed by atoms with Gasteiger partial charge in [0.2, 0.25) is 0 Å². The van der Waals surface area contributed by atoms with Crippen molar-refractivity contribution in [2.45, 2.75) is 26.2 Å². The van der Waals surface area contributed by atoms with Crippen LogP contribution in [0.15, 0.2) is 206 Å². The molecule has 12 aromatic rings. The van der Waals surface area contributed by atoms with E-state index in [9.17, 15) is 0 Å². The van der Waals surface area contributed by atoms with E-state index in [0.717, 1.165) is 17.8 Å². The minimum absolute atomic E-state index is 1.10. The van der Waals surface area contributed by atoms with Crippen LogP contribution < -0.4 is 0 Å². The lowest BCUT2D eigenvalue weighted by molar-refractivity contribution is 0.795. The quantitative estimate of drug-likeness (QED) is 0.146. The molecule has 0 radical (unpaired) electrons. The van der Waals surface area contributed by atoms with Gasteiger partial charge >= 0.3 is 0 Å². The van der Waals surface area contributed by atoms with Crippen LogP contribution in [-0.4, -0.2) is 13.7 Å². The van der Waals surface area contributed by atoms with Crippen molar-refractivity contribution in [1.82, 2.24) is 13.7 Å². The van der Waals surface area contributed by atoms with Gasteiger partial charge in [0.05, 0.1) is 33.1 Å². The Hall–Kier alpha value is -7.62. The summed E-state index contributed by atoms with van der Waals surface area (Å²) in [6, 6.07) is 76.1. The Balaban J connectivity index is 1.03. The SMILES string of the molecule is CCCCc1ccc2c3ccc(-c4ccc(-n5c6ccccc6c6ccc7c(c8ccccc8n7-c7cccc(-c8ccccc8)c7)c65)cc4)cc3n(-c3ccccc3)c2c1. The van der Waals surface area contributed by atoms with E-state index in [1.807, 2.05) is 0 Å². The first-order valence-electron chi connectivity index (χ1n) is 21.6. The third-order valence-electron chi connectivity index (χ3n) is 12.8. The van der Waals surface area contributed by atoms with Crippen molar-refractivity contribution in [2.24, 2.45) is 0 Å². The Kier molecular flexibility index (Phi) is 8.28.